The zero-order valence-electron chi connectivity index (χ0n) is 12.4. The fraction of sp³-hybridized carbons (Fsp3) is 0.562. The molecule has 112 valence electrons. The van der Waals surface area contributed by atoms with Crippen molar-refractivity contribution in [3.8, 4) is 0 Å². The topological polar surface area (TPSA) is 32.3 Å². The van der Waals surface area contributed by atoms with E-state index in [1.54, 1.807) is 0 Å². The molecule has 0 radical (unpaired) electrons. The Hall–Kier alpha value is -1.06. The van der Waals surface area contributed by atoms with Gasteiger partial charge in [0.25, 0.3) is 0 Å². The molecule has 0 aromatic heterocycles. The summed E-state index contributed by atoms with van der Waals surface area (Å²) in [6.07, 6.45) is 2.63. The van der Waals surface area contributed by atoms with Crippen LogP contribution in [-0.2, 0) is 11.2 Å². The summed E-state index contributed by atoms with van der Waals surface area (Å²) >= 11 is 0. The van der Waals surface area contributed by atoms with E-state index in [9.17, 15) is 4.79 Å². The largest absolute Gasteiger partial charge is 0.342 e. The smallest absolute Gasteiger partial charge is 0.222 e. The van der Waals surface area contributed by atoms with Crippen LogP contribution in [0, 0.1) is 12.8 Å². The fourth-order valence-electron chi connectivity index (χ4n) is 2.80. The van der Waals surface area contributed by atoms with Gasteiger partial charge in [-0.2, -0.15) is 0 Å². The molecule has 4 heteroatoms. The second-order valence-electron chi connectivity index (χ2n) is 5.48. The van der Waals surface area contributed by atoms with Crippen LogP contribution < -0.4 is 5.32 Å². The van der Waals surface area contributed by atoms with Crippen LogP contribution in [0.1, 0.15) is 24.0 Å². The number of hydrogen-bond donors (Lipinski definition) is 1. The van der Waals surface area contributed by atoms with Gasteiger partial charge in [0, 0.05) is 19.5 Å². The molecule has 1 saturated heterocycles. The predicted molar refractivity (Wildman–Crippen MR) is 85.4 cm³/mol. The summed E-state index contributed by atoms with van der Waals surface area (Å²) in [7, 11) is 1.97. The molecule has 1 unspecified atom stereocenters. The summed E-state index contributed by atoms with van der Waals surface area (Å²) in [5.74, 6) is 0.939. The number of carbonyl (C=O) groups excluding carboxylic acids is 1. The standard InChI is InChI=1S/C16H24N2O.ClH/c1-13-5-3-4-6-15(13)7-8-16(19)18-10-9-14(12-18)11-17-2;/h3-6,14,17H,7-12H2,1-2H3;1H. The molecule has 1 heterocycles. The number of rotatable bonds is 5. The van der Waals surface area contributed by atoms with E-state index in [1.807, 2.05) is 24.1 Å². The van der Waals surface area contributed by atoms with E-state index < -0.39 is 0 Å². The van der Waals surface area contributed by atoms with Crippen molar-refractivity contribution in [1.29, 1.82) is 0 Å². The average molecular weight is 297 g/mol. The molecule has 1 aromatic rings. The number of amides is 1. The van der Waals surface area contributed by atoms with Crippen LogP contribution in [0.4, 0.5) is 0 Å². The van der Waals surface area contributed by atoms with E-state index in [-0.39, 0.29) is 12.4 Å². The molecule has 1 aliphatic heterocycles. The monoisotopic (exact) mass is 296 g/mol. The maximum atomic E-state index is 12.2. The van der Waals surface area contributed by atoms with Gasteiger partial charge in [0.05, 0.1) is 0 Å². The number of likely N-dealkylation sites (tertiary alicyclic amines) is 1. The lowest BCUT2D eigenvalue weighted by molar-refractivity contribution is -0.130. The number of nitrogens with one attached hydrogen (secondary N) is 1. The highest BCUT2D eigenvalue weighted by molar-refractivity contribution is 5.85. The van der Waals surface area contributed by atoms with Gasteiger partial charge in [-0.05, 0) is 50.4 Å². The van der Waals surface area contributed by atoms with Crippen molar-refractivity contribution < 1.29 is 4.79 Å². The van der Waals surface area contributed by atoms with E-state index in [0.717, 1.165) is 32.5 Å². The van der Waals surface area contributed by atoms with Crippen molar-refractivity contribution >= 4 is 18.3 Å². The molecule has 0 spiro atoms. The van der Waals surface area contributed by atoms with Gasteiger partial charge < -0.3 is 10.2 Å². The Labute approximate surface area is 128 Å². The Kier molecular flexibility index (Phi) is 7.03. The van der Waals surface area contributed by atoms with Crippen molar-refractivity contribution in [2.45, 2.75) is 26.2 Å². The van der Waals surface area contributed by atoms with Crippen LogP contribution in [0.2, 0.25) is 0 Å². The maximum Gasteiger partial charge on any atom is 0.222 e. The van der Waals surface area contributed by atoms with Gasteiger partial charge in [0.15, 0.2) is 0 Å². The molecule has 1 fully saturated rings. The first-order chi connectivity index (χ1) is 9.20. The van der Waals surface area contributed by atoms with Crippen molar-refractivity contribution in [2.75, 3.05) is 26.7 Å². The number of aryl methyl sites for hydroxylation is 2. The molecule has 20 heavy (non-hydrogen) atoms. The maximum absolute atomic E-state index is 12.2. The average Bonchev–Trinajstić information content (AvgIpc) is 2.87. The van der Waals surface area contributed by atoms with Gasteiger partial charge in [-0.3, -0.25) is 4.79 Å². The van der Waals surface area contributed by atoms with Gasteiger partial charge in [0.2, 0.25) is 5.91 Å². The highest BCUT2D eigenvalue weighted by Gasteiger charge is 2.25. The summed E-state index contributed by atoms with van der Waals surface area (Å²) in [5, 5.41) is 3.20. The zero-order chi connectivity index (χ0) is 13.7. The van der Waals surface area contributed by atoms with Crippen LogP contribution in [0.25, 0.3) is 0 Å². The van der Waals surface area contributed by atoms with Gasteiger partial charge in [-0.25, -0.2) is 0 Å². The summed E-state index contributed by atoms with van der Waals surface area (Å²) in [6.45, 7) is 4.98. The lowest BCUT2D eigenvalue weighted by atomic mass is 10.0. The van der Waals surface area contributed by atoms with E-state index in [4.69, 9.17) is 0 Å². The Morgan fingerprint density at radius 1 is 1.40 bits per heavy atom. The normalized spacial score (nSPS) is 17.9. The second kappa shape index (κ2) is 8.28. The lowest BCUT2D eigenvalue weighted by Crippen LogP contribution is -2.30. The number of halogens is 1. The molecule has 0 bridgehead atoms. The van der Waals surface area contributed by atoms with Crippen molar-refractivity contribution in [2.24, 2.45) is 5.92 Å². The molecule has 0 saturated carbocycles. The van der Waals surface area contributed by atoms with Crippen LogP contribution in [0.15, 0.2) is 24.3 Å². The quantitative estimate of drug-likeness (QED) is 0.905. The zero-order valence-corrected chi connectivity index (χ0v) is 13.2. The van der Waals surface area contributed by atoms with Gasteiger partial charge >= 0.3 is 0 Å². The SMILES string of the molecule is CNCC1CCN(C(=O)CCc2ccccc2C)C1.Cl. The summed E-state index contributed by atoms with van der Waals surface area (Å²) in [5.41, 5.74) is 2.58. The molecule has 1 N–H and O–H groups in total. The number of carbonyl (C=O) groups is 1. The first-order valence-corrected chi connectivity index (χ1v) is 7.17. The van der Waals surface area contributed by atoms with Crippen LogP contribution >= 0.6 is 12.4 Å². The van der Waals surface area contributed by atoms with E-state index >= 15 is 0 Å². The Morgan fingerprint density at radius 2 is 2.15 bits per heavy atom. The minimum Gasteiger partial charge on any atom is -0.342 e. The Morgan fingerprint density at radius 3 is 2.85 bits per heavy atom. The molecule has 2 rings (SSSR count). The van der Waals surface area contributed by atoms with Gasteiger partial charge in [-0.15, -0.1) is 12.4 Å². The molecule has 1 atom stereocenters. The highest BCUT2D eigenvalue weighted by atomic mass is 35.5. The second-order valence-corrected chi connectivity index (χ2v) is 5.48. The third-order valence-corrected chi connectivity index (χ3v) is 4.00. The molecule has 1 amide bonds. The van der Waals surface area contributed by atoms with E-state index in [0.29, 0.717) is 18.2 Å². The van der Waals surface area contributed by atoms with Crippen molar-refractivity contribution in [1.82, 2.24) is 10.2 Å². The molecular formula is C16H25ClN2O. The minimum absolute atomic E-state index is 0. The van der Waals surface area contributed by atoms with Gasteiger partial charge in [0.1, 0.15) is 0 Å². The Bertz CT molecular complexity index is 436. The van der Waals surface area contributed by atoms with Crippen LogP contribution in [-0.4, -0.2) is 37.5 Å². The molecule has 1 aliphatic rings. The van der Waals surface area contributed by atoms with Crippen LogP contribution in [0.3, 0.4) is 0 Å². The summed E-state index contributed by atoms with van der Waals surface area (Å²) in [4.78, 5) is 14.2. The number of hydrogen-bond acceptors (Lipinski definition) is 2. The predicted octanol–water partition coefficient (Wildman–Crippen LogP) is 2.42. The number of benzene rings is 1. The first kappa shape index (κ1) is 17.0. The van der Waals surface area contributed by atoms with E-state index in [2.05, 4.69) is 24.4 Å². The van der Waals surface area contributed by atoms with Crippen LogP contribution in [0.5, 0.6) is 0 Å². The molecule has 3 nitrogen and oxygen atoms in total. The van der Waals surface area contributed by atoms with Gasteiger partial charge in [-0.1, -0.05) is 24.3 Å². The molecular weight excluding hydrogens is 272 g/mol. The fourth-order valence-corrected chi connectivity index (χ4v) is 2.80. The summed E-state index contributed by atoms with van der Waals surface area (Å²) < 4.78 is 0. The third-order valence-electron chi connectivity index (χ3n) is 4.00. The first-order valence-electron chi connectivity index (χ1n) is 7.17. The third kappa shape index (κ3) is 4.50. The van der Waals surface area contributed by atoms with Crippen molar-refractivity contribution in [3.05, 3.63) is 35.4 Å². The Balaban J connectivity index is 0.00000200. The molecule has 1 aromatic carbocycles. The van der Waals surface area contributed by atoms with E-state index in [1.165, 1.54) is 11.1 Å². The number of nitrogens with zero attached hydrogens (tertiary/aromatic N) is 1. The summed E-state index contributed by atoms with van der Waals surface area (Å²) in [6, 6.07) is 8.32. The van der Waals surface area contributed by atoms with Crippen molar-refractivity contribution in [3.63, 3.8) is 0 Å². The minimum atomic E-state index is 0. The lowest BCUT2D eigenvalue weighted by Gasteiger charge is -2.17. The molecule has 0 aliphatic carbocycles. The highest BCUT2D eigenvalue weighted by Crippen LogP contribution is 2.17.